The smallest absolute Gasteiger partial charge is 0.292 e. The molecule has 0 radical (unpaired) electrons. The van der Waals surface area contributed by atoms with E-state index in [1.165, 1.54) is 11.1 Å². The Balaban J connectivity index is 2.25. The molecule has 0 heterocycles. The van der Waals surface area contributed by atoms with Gasteiger partial charge in [-0.25, -0.2) is 0 Å². The van der Waals surface area contributed by atoms with Gasteiger partial charge in [-0.05, 0) is 54.2 Å². The molecule has 4 heteroatoms. The van der Waals surface area contributed by atoms with Gasteiger partial charge < -0.3 is 9.47 Å². The second kappa shape index (κ2) is 9.35. The lowest BCUT2D eigenvalue weighted by Gasteiger charge is -2.20. The summed E-state index contributed by atoms with van der Waals surface area (Å²) in [6, 6.07) is 15.3. The molecule has 0 aromatic heterocycles. The topological polar surface area (TPSA) is 66.0 Å². The molecule has 0 N–H and O–H groups in total. The van der Waals surface area contributed by atoms with E-state index in [0.717, 1.165) is 19.3 Å². The van der Waals surface area contributed by atoms with Crippen molar-refractivity contribution in [3.8, 4) is 24.0 Å². The van der Waals surface area contributed by atoms with E-state index >= 15 is 0 Å². The lowest BCUT2D eigenvalue weighted by Crippen LogP contribution is -2.04. The third kappa shape index (κ3) is 5.26. The summed E-state index contributed by atoms with van der Waals surface area (Å²) in [5.74, 6) is 2.01. The highest BCUT2D eigenvalue weighted by Gasteiger charge is 2.16. The molecule has 4 nitrogen and oxygen atoms in total. The maximum atomic E-state index is 8.61. The molecule has 0 spiro atoms. The number of ether oxygens (including phenoxy) is 2. The van der Waals surface area contributed by atoms with Crippen LogP contribution in [0, 0.1) is 29.0 Å². The van der Waals surface area contributed by atoms with Gasteiger partial charge in [0.2, 0.25) is 0 Å². The molecule has 0 aliphatic carbocycles. The maximum absolute atomic E-state index is 8.61. The first kappa shape index (κ1) is 18.4. The van der Waals surface area contributed by atoms with Crippen LogP contribution in [-0.4, -0.2) is 0 Å². The lowest BCUT2D eigenvalue weighted by molar-refractivity contribution is 0.476. The Kier molecular flexibility index (Phi) is 6.87. The summed E-state index contributed by atoms with van der Waals surface area (Å²) < 4.78 is 9.73. The van der Waals surface area contributed by atoms with Crippen LogP contribution in [0.2, 0.25) is 0 Å². The molecule has 0 aliphatic rings. The number of hydrogen-bond acceptors (Lipinski definition) is 4. The largest absolute Gasteiger partial charge is 0.388 e. The van der Waals surface area contributed by atoms with E-state index in [9.17, 15) is 0 Å². The molecule has 1 atom stereocenters. The standard InChI is InChI=1S/C21H22N2O2/c1-3-16(2)4-13-21(17-5-9-19(10-6-17)24-14-22)18-7-11-20(12-8-18)25-15-23/h5-12,16,21H,3-4,13H2,1-2H3. The molecule has 0 fully saturated rings. The van der Waals surface area contributed by atoms with Crippen molar-refractivity contribution in [1.82, 2.24) is 0 Å². The first-order valence-corrected chi connectivity index (χ1v) is 8.49. The van der Waals surface area contributed by atoms with E-state index in [-0.39, 0.29) is 5.92 Å². The van der Waals surface area contributed by atoms with Crippen LogP contribution in [0.15, 0.2) is 48.5 Å². The monoisotopic (exact) mass is 334 g/mol. The quantitative estimate of drug-likeness (QED) is 0.609. The molecule has 2 aromatic carbocycles. The predicted octanol–water partition coefficient (Wildman–Crippen LogP) is 5.36. The number of rotatable bonds is 8. The fourth-order valence-corrected chi connectivity index (χ4v) is 2.82. The normalized spacial score (nSPS) is 11.4. The molecule has 25 heavy (non-hydrogen) atoms. The summed E-state index contributed by atoms with van der Waals surface area (Å²) in [4.78, 5) is 0. The molecule has 2 rings (SSSR count). The van der Waals surface area contributed by atoms with Crippen LogP contribution < -0.4 is 9.47 Å². The minimum Gasteiger partial charge on any atom is -0.388 e. The molecule has 2 aromatic rings. The zero-order valence-corrected chi connectivity index (χ0v) is 14.6. The van der Waals surface area contributed by atoms with Gasteiger partial charge in [-0.2, -0.15) is 0 Å². The van der Waals surface area contributed by atoms with Crippen molar-refractivity contribution in [2.75, 3.05) is 0 Å². The van der Waals surface area contributed by atoms with Crippen LogP contribution in [0.3, 0.4) is 0 Å². The number of nitrogens with zero attached hydrogens (tertiary/aromatic N) is 2. The van der Waals surface area contributed by atoms with E-state index in [4.69, 9.17) is 20.0 Å². The van der Waals surface area contributed by atoms with Gasteiger partial charge in [0.15, 0.2) is 0 Å². The highest BCUT2D eigenvalue weighted by atomic mass is 16.5. The van der Waals surface area contributed by atoms with Crippen molar-refractivity contribution in [2.45, 2.75) is 39.0 Å². The number of nitriles is 2. The third-order valence-corrected chi connectivity index (χ3v) is 4.54. The van der Waals surface area contributed by atoms with Crippen LogP contribution in [0.1, 0.15) is 50.2 Å². The van der Waals surface area contributed by atoms with Crippen molar-refractivity contribution in [3.05, 3.63) is 59.7 Å². The van der Waals surface area contributed by atoms with Crippen molar-refractivity contribution < 1.29 is 9.47 Å². The number of benzene rings is 2. The first-order valence-electron chi connectivity index (χ1n) is 8.49. The highest BCUT2D eigenvalue weighted by molar-refractivity contribution is 5.38. The van der Waals surface area contributed by atoms with Gasteiger partial charge in [0.25, 0.3) is 12.5 Å². The van der Waals surface area contributed by atoms with Gasteiger partial charge in [-0.1, -0.05) is 44.5 Å². The van der Waals surface area contributed by atoms with Crippen molar-refractivity contribution in [2.24, 2.45) is 5.92 Å². The van der Waals surface area contributed by atoms with Gasteiger partial charge >= 0.3 is 0 Å². The molecular formula is C21H22N2O2. The van der Waals surface area contributed by atoms with Crippen LogP contribution in [0.5, 0.6) is 11.5 Å². The maximum Gasteiger partial charge on any atom is 0.292 e. The second-order valence-electron chi connectivity index (χ2n) is 6.17. The fourth-order valence-electron chi connectivity index (χ4n) is 2.82. The first-order chi connectivity index (χ1) is 12.2. The van der Waals surface area contributed by atoms with Gasteiger partial charge in [0, 0.05) is 5.92 Å². The average Bonchev–Trinajstić information content (AvgIpc) is 2.64. The Bertz CT molecular complexity index is 680. The van der Waals surface area contributed by atoms with E-state index < -0.39 is 0 Å². The summed E-state index contributed by atoms with van der Waals surface area (Å²) in [6.07, 6.45) is 6.71. The predicted molar refractivity (Wildman–Crippen MR) is 95.9 cm³/mol. The zero-order chi connectivity index (χ0) is 18.1. The summed E-state index contributed by atoms with van der Waals surface area (Å²) >= 11 is 0. The Labute approximate surface area is 149 Å². The summed E-state index contributed by atoms with van der Waals surface area (Å²) in [5.41, 5.74) is 2.37. The van der Waals surface area contributed by atoms with Crippen LogP contribution in [-0.2, 0) is 0 Å². The van der Waals surface area contributed by atoms with Gasteiger partial charge in [-0.15, -0.1) is 10.5 Å². The molecule has 0 amide bonds. The van der Waals surface area contributed by atoms with E-state index in [1.807, 2.05) is 48.5 Å². The molecule has 0 bridgehead atoms. The third-order valence-electron chi connectivity index (χ3n) is 4.54. The Morgan fingerprint density at radius 3 is 1.60 bits per heavy atom. The minimum absolute atomic E-state index is 0.251. The fraction of sp³-hybridized carbons (Fsp3) is 0.333. The average molecular weight is 334 g/mol. The van der Waals surface area contributed by atoms with E-state index in [0.29, 0.717) is 17.4 Å². The van der Waals surface area contributed by atoms with Gasteiger partial charge in [0.1, 0.15) is 11.5 Å². The van der Waals surface area contributed by atoms with Gasteiger partial charge in [-0.3, -0.25) is 0 Å². The zero-order valence-electron chi connectivity index (χ0n) is 14.6. The molecule has 1 unspecified atom stereocenters. The minimum atomic E-state index is 0.251. The Hall–Kier alpha value is -2.98. The lowest BCUT2D eigenvalue weighted by atomic mass is 9.85. The van der Waals surface area contributed by atoms with Crippen LogP contribution in [0.25, 0.3) is 0 Å². The molecule has 0 saturated heterocycles. The Morgan fingerprint density at radius 2 is 1.24 bits per heavy atom. The molecule has 0 saturated carbocycles. The van der Waals surface area contributed by atoms with E-state index in [2.05, 4.69) is 13.8 Å². The van der Waals surface area contributed by atoms with Crippen molar-refractivity contribution in [1.29, 1.82) is 10.5 Å². The van der Waals surface area contributed by atoms with Crippen molar-refractivity contribution >= 4 is 0 Å². The summed E-state index contributed by atoms with van der Waals surface area (Å²) in [7, 11) is 0. The Morgan fingerprint density at radius 1 is 0.800 bits per heavy atom. The molecule has 128 valence electrons. The SMILES string of the molecule is CCC(C)CCC(c1ccc(OC#N)cc1)c1ccc(OC#N)cc1. The van der Waals surface area contributed by atoms with E-state index in [1.54, 1.807) is 12.5 Å². The van der Waals surface area contributed by atoms with Crippen LogP contribution in [0.4, 0.5) is 0 Å². The van der Waals surface area contributed by atoms with Gasteiger partial charge in [0.05, 0.1) is 0 Å². The second-order valence-corrected chi connectivity index (χ2v) is 6.17. The van der Waals surface area contributed by atoms with Crippen molar-refractivity contribution in [3.63, 3.8) is 0 Å². The highest BCUT2D eigenvalue weighted by Crippen LogP contribution is 2.33. The summed E-state index contributed by atoms with van der Waals surface area (Å²) in [5, 5.41) is 17.2. The molecular weight excluding hydrogens is 312 g/mol. The van der Waals surface area contributed by atoms with Crippen LogP contribution >= 0.6 is 0 Å². The summed E-state index contributed by atoms with van der Waals surface area (Å²) in [6.45, 7) is 4.48. The number of hydrogen-bond donors (Lipinski definition) is 0. The molecule has 0 aliphatic heterocycles.